The zero-order valence-electron chi connectivity index (χ0n) is 66.0. The fourth-order valence-corrected chi connectivity index (χ4v) is 21.2. The summed E-state index contributed by atoms with van der Waals surface area (Å²) in [4.78, 5) is -6.92. The summed E-state index contributed by atoms with van der Waals surface area (Å²) in [7, 11) is -58.9. The van der Waals surface area contributed by atoms with Crippen molar-refractivity contribution in [2.45, 2.75) is 49.0 Å². The van der Waals surface area contributed by atoms with Crippen LogP contribution in [-0.2, 0) is 132 Å². The Morgan fingerprint density at radius 3 is 0.812 bits per heavy atom. The minimum atomic E-state index is -5.28. The molecule has 0 N–H and O–H groups in total. The zero-order valence-corrected chi connectivity index (χ0v) is 101. The zero-order chi connectivity index (χ0) is 90.6. The van der Waals surface area contributed by atoms with Crippen molar-refractivity contribution in [3.05, 3.63) is 262 Å². The van der Waals surface area contributed by atoms with E-state index < -0.39 is 195 Å². The molecule has 128 heavy (non-hydrogen) atoms. The molecular weight excluding hydrogens is 2190 g/mol. The second-order valence-electron chi connectivity index (χ2n) is 20.7. The molecule has 0 radical (unpaired) electrons. The van der Waals surface area contributed by atoms with Crippen molar-refractivity contribution >= 4 is 215 Å². The SMILES string of the molecule is O=P(c1c[c-]c(Cl)cc1)(c1cccc(S(=O)(=O)[O-])c1)c1ccc(Cl)c(S(=O)(=O)[O-])c1.O=P(c1c[c-]c(F)cc1)(c1cccc(S(=O)(=O)[O-])c1)c1ccc(F)c(S(=O)(=O)[O-])c1.O=S(=O)([O-])c1cc(S(=O)(=O)c2c[c-]c(Cl)cc2)ccc1Cl.O=S(=O)([O-])c1cc(S(=O)(=O)c2c[c-]c(F)cc2)ccc1F.O=S(=O)=O.O=S(=O)=O.O=S(=O)=O.O=S(=O)=O.[Na+].[Na+].[Na+].[Na+].[Na+].[Na+].[Na+].[Na+].[Na+].[Na+]. The number of hydrogen-bond acceptors (Lipinski definition) is 36. The molecule has 0 aliphatic rings. The summed E-state index contributed by atoms with van der Waals surface area (Å²) >= 11 is 22.9. The van der Waals surface area contributed by atoms with Crippen molar-refractivity contribution in [2.24, 2.45) is 0 Å². The molecule has 36 nitrogen and oxygen atoms in total. The Bertz CT molecular complexity index is 6640. The van der Waals surface area contributed by atoms with Gasteiger partial charge in [-0.3, -0.25) is 0 Å². The Labute approximate surface area is 975 Å². The summed E-state index contributed by atoms with van der Waals surface area (Å²) in [6.45, 7) is 0. The normalized spacial score (nSPS) is 11.5. The number of sulfone groups is 2. The monoisotopic (exact) mass is 2220 g/mol. The number of benzene rings is 10. The molecule has 0 saturated carbocycles. The van der Waals surface area contributed by atoms with E-state index in [1.807, 2.05) is 6.07 Å². The quantitative estimate of drug-likeness (QED) is 0.0216. The van der Waals surface area contributed by atoms with Crippen LogP contribution in [0.3, 0.4) is 0 Å². The van der Waals surface area contributed by atoms with Crippen molar-refractivity contribution in [3.63, 3.8) is 0 Å². The Kier molecular flexibility index (Phi) is 71.6. The van der Waals surface area contributed by atoms with Crippen molar-refractivity contribution in [2.75, 3.05) is 0 Å². The molecule has 0 aliphatic carbocycles. The first-order valence-corrected chi connectivity index (χ1v) is 48.8. The van der Waals surface area contributed by atoms with Crippen molar-refractivity contribution in [1.29, 1.82) is 0 Å². The second kappa shape index (κ2) is 63.3. The molecule has 10 rings (SSSR count). The standard InChI is InChI=1S/C18H12Cl2O7PS2.C18H12F2O7PS2.C12H7Cl2O5S2.C12H7F2O5S2.10Na.4O3S/c2*19-12-4-6-13(7-5-12)28(21,14-2-1-3-16(10-14)29(22,23)24)15-8-9-17(20)18(11-15)30(25,26)27;2*13-8-1-3-9(4-2-8)20(15,16)10-5-6-11(14)12(7-10)21(17,18)19;;;;;;;;;;;4*1-4(2)3/h2*1-4,6-11H,(H,22,23,24)(H,25,26,27);2*1,3-7H,(H,17,18,19);;;;;;;;;;;;;;/q4*-1;10*+1;;;;/p-6. The molecule has 0 heterocycles. The Morgan fingerprint density at radius 1 is 0.258 bits per heavy atom. The Morgan fingerprint density at radius 2 is 0.500 bits per heavy atom. The van der Waals surface area contributed by atoms with Crippen molar-refractivity contribution in [1.82, 2.24) is 0 Å². The van der Waals surface area contributed by atoms with Crippen LogP contribution in [0.25, 0.3) is 0 Å². The van der Waals surface area contributed by atoms with Gasteiger partial charge in [-0.15, -0.1) is 98.0 Å². The van der Waals surface area contributed by atoms with Gasteiger partial charge in [-0.25, -0.2) is 84.9 Å². The van der Waals surface area contributed by atoms with E-state index in [0.29, 0.717) is 24.3 Å². The first-order valence-electron chi connectivity index (χ1n) is 28.5. The summed E-state index contributed by atoms with van der Waals surface area (Å²) < 4.78 is 435. The van der Waals surface area contributed by atoms with Gasteiger partial charge in [0, 0.05) is 32.9 Å². The van der Waals surface area contributed by atoms with Gasteiger partial charge in [0.05, 0.1) is 49.2 Å². The molecule has 0 bridgehead atoms. The molecule has 10 aromatic carbocycles. The maximum absolute atomic E-state index is 14.3. The van der Waals surface area contributed by atoms with E-state index in [2.05, 4.69) is 18.2 Å². The second-order valence-corrected chi connectivity index (χ2v) is 41.6. The molecule has 0 spiro atoms. The molecule has 0 amide bonds. The van der Waals surface area contributed by atoms with Gasteiger partial charge in [-0.05, 0) is 101 Å². The largest absolute Gasteiger partial charge is 1.00 e. The van der Waals surface area contributed by atoms with E-state index in [-0.39, 0.29) is 362 Å². The van der Waals surface area contributed by atoms with Crippen LogP contribution >= 0.6 is 60.7 Å². The maximum atomic E-state index is 14.3. The third kappa shape index (κ3) is 46.4. The van der Waals surface area contributed by atoms with Gasteiger partial charge >= 0.3 is 338 Å². The predicted molar refractivity (Wildman–Crippen MR) is 390 cm³/mol. The summed E-state index contributed by atoms with van der Waals surface area (Å²) in [5.41, 5.74) is 0. The topological polar surface area (TPSA) is 650 Å². The van der Waals surface area contributed by atoms with E-state index >= 15 is 0 Å². The van der Waals surface area contributed by atoms with E-state index in [9.17, 15) is 121 Å². The fraction of sp³-hybridized carbons (Fsp3) is 0. The van der Waals surface area contributed by atoms with Crippen LogP contribution in [0.2, 0.25) is 20.1 Å². The molecule has 68 heteroatoms. The molecule has 0 aliphatic heterocycles. The number of halogens is 8. The molecule has 0 saturated heterocycles. The van der Waals surface area contributed by atoms with Crippen LogP contribution in [0.4, 0.5) is 17.6 Å². The van der Waals surface area contributed by atoms with E-state index in [0.717, 1.165) is 115 Å². The fourth-order valence-electron chi connectivity index (χ4n) is 8.58. The molecular formula is C60H32Cl4F4Na10O36P2S12. The predicted octanol–water partition coefficient (Wildman–Crippen LogP) is -26.5. The molecule has 2 atom stereocenters. The summed E-state index contributed by atoms with van der Waals surface area (Å²) in [5, 5.41) is -1.05. The van der Waals surface area contributed by atoms with Crippen LogP contribution in [0.5, 0.6) is 0 Å². The molecule has 2 unspecified atom stereocenters. The van der Waals surface area contributed by atoms with Gasteiger partial charge in [0.25, 0.3) is 0 Å². The average Bonchev–Trinajstić information content (AvgIpc) is 0.745. The van der Waals surface area contributed by atoms with E-state index in [1.54, 1.807) is 0 Å². The smallest absolute Gasteiger partial charge is 0.744 e. The molecule has 0 aromatic heterocycles. The van der Waals surface area contributed by atoms with Crippen LogP contribution in [0, 0.1) is 47.5 Å². The molecule has 10 aromatic rings. The number of hydrogen-bond donors (Lipinski definition) is 0. The average molecular weight is 2220 g/mol. The first kappa shape index (κ1) is 145. The van der Waals surface area contributed by atoms with Gasteiger partial charge in [-0.1, -0.05) is 74.2 Å². The van der Waals surface area contributed by atoms with E-state index in [4.69, 9.17) is 96.9 Å². The van der Waals surface area contributed by atoms with Crippen molar-refractivity contribution in [3.8, 4) is 0 Å². The van der Waals surface area contributed by atoms with Gasteiger partial charge in [-0.2, -0.15) is 72.8 Å². The van der Waals surface area contributed by atoms with Crippen molar-refractivity contribution < 1.29 is 467 Å². The van der Waals surface area contributed by atoms with Gasteiger partial charge < -0.3 is 36.4 Å². The third-order valence-corrected chi connectivity index (χ3v) is 29.4. The molecule has 0 fully saturated rings. The van der Waals surface area contributed by atoms with Crippen LogP contribution in [-0.4, -0.2) is 145 Å². The maximum Gasteiger partial charge on any atom is 1.00 e. The van der Waals surface area contributed by atoms with Gasteiger partial charge in [0.15, 0.2) is 19.7 Å². The number of rotatable bonds is 16. The Balaban J connectivity index is -0.000000232. The minimum Gasteiger partial charge on any atom is -0.744 e. The summed E-state index contributed by atoms with van der Waals surface area (Å²) in [5.74, 6) is -4.31. The van der Waals surface area contributed by atoms with E-state index in [1.165, 1.54) is 54.6 Å². The minimum absolute atomic E-state index is 0. The van der Waals surface area contributed by atoms with Crippen LogP contribution in [0.1, 0.15) is 0 Å². The first-order chi connectivity index (χ1) is 53.8. The van der Waals surface area contributed by atoms with Gasteiger partial charge in [0.2, 0.25) is 0 Å². The summed E-state index contributed by atoms with van der Waals surface area (Å²) in [6, 6.07) is 41.5. The Hall–Kier alpha value is 1.38. The summed E-state index contributed by atoms with van der Waals surface area (Å²) in [6.07, 6.45) is 0. The van der Waals surface area contributed by atoms with Crippen LogP contribution in [0.15, 0.2) is 243 Å². The third-order valence-electron chi connectivity index (χ3n) is 13.4. The molecule has 636 valence electrons. The van der Waals surface area contributed by atoms with Gasteiger partial charge in [0.1, 0.15) is 86.6 Å². The van der Waals surface area contributed by atoms with Crippen LogP contribution < -0.4 is 327 Å².